The zero-order valence-corrected chi connectivity index (χ0v) is 15.1. The molecule has 0 saturated heterocycles. The molecular weight excluding hydrogens is 357 g/mol. The van der Waals surface area contributed by atoms with Crippen LogP contribution in [0.15, 0.2) is 59.7 Å². The van der Waals surface area contributed by atoms with E-state index < -0.39 is 5.82 Å². The molecule has 0 radical (unpaired) electrons. The summed E-state index contributed by atoms with van der Waals surface area (Å²) in [7, 11) is 0. The monoisotopic (exact) mass is 373 g/mol. The van der Waals surface area contributed by atoms with Crippen molar-refractivity contribution in [3.8, 4) is 11.5 Å². The van der Waals surface area contributed by atoms with Crippen LogP contribution in [0.25, 0.3) is 11.0 Å². The average Bonchev–Trinajstić information content (AvgIpc) is 3.11. The molecule has 0 aliphatic carbocycles. The zero-order valence-electron chi connectivity index (χ0n) is 15.1. The van der Waals surface area contributed by atoms with E-state index in [0.717, 1.165) is 22.3 Å². The number of rotatable bonds is 3. The number of para-hydroxylation sites is 1. The van der Waals surface area contributed by atoms with E-state index in [0.29, 0.717) is 23.6 Å². The lowest BCUT2D eigenvalue weighted by Gasteiger charge is -2.24. The second kappa shape index (κ2) is 6.45. The summed E-state index contributed by atoms with van der Waals surface area (Å²) in [5, 5.41) is 7.72. The van der Waals surface area contributed by atoms with Crippen LogP contribution in [-0.4, -0.2) is 21.5 Å². The van der Waals surface area contributed by atoms with Crippen LogP contribution < -0.4 is 9.64 Å². The van der Waals surface area contributed by atoms with Crippen LogP contribution >= 0.6 is 0 Å². The first-order valence-electron chi connectivity index (χ1n) is 8.85. The molecule has 0 unspecified atom stereocenters. The number of benzene rings is 2. The van der Waals surface area contributed by atoms with Crippen molar-refractivity contribution in [2.75, 3.05) is 4.90 Å². The first kappa shape index (κ1) is 16.4. The van der Waals surface area contributed by atoms with Gasteiger partial charge in [0.15, 0.2) is 17.2 Å². The number of anilines is 1. The molecule has 5 rings (SSSR count). The molecule has 1 N–H and O–H groups in total. The lowest BCUT2D eigenvalue weighted by molar-refractivity contribution is 0.446. The Morgan fingerprint density at radius 2 is 2.00 bits per heavy atom. The van der Waals surface area contributed by atoms with E-state index in [-0.39, 0.29) is 5.75 Å². The molecule has 28 heavy (non-hydrogen) atoms. The first-order valence-corrected chi connectivity index (χ1v) is 8.85. The number of aryl methyl sites for hydroxylation is 1. The molecule has 0 fully saturated rings. The number of halogens is 1. The number of ether oxygens (including phenoxy) is 1. The number of nitrogens with one attached hydrogen (secondary N) is 1. The van der Waals surface area contributed by atoms with Gasteiger partial charge in [-0.15, -0.1) is 0 Å². The lowest BCUT2D eigenvalue weighted by Crippen LogP contribution is -2.23. The van der Waals surface area contributed by atoms with Gasteiger partial charge in [-0.25, -0.2) is 14.4 Å². The Labute approximate surface area is 160 Å². The molecule has 2 aromatic carbocycles. The van der Waals surface area contributed by atoms with E-state index in [1.807, 2.05) is 42.2 Å². The molecule has 0 spiro atoms. The zero-order chi connectivity index (χ0) is 19.1. The van der Waals surface area contributed by atoms with E-state index in [1.54, 1.807) is 24.7 Å². The molecule has 138 valence electrons. The molecule has 3 heterocycles. The molecule has 6 nitrogen and oxygen atoms in total. The largest absolute Gasteiger partial charge is 0.453 e. The predicted molar refractivity (Wildman–Crippen MR) is 106 cm³/mol. The SMILES string of the molecule is Cc1[nH]nc2nccc(Oc3ccc(N4C=Nc5ccccc5C4)cc3F)c12. The molecule has 0 bridgehead atoms. The van der Waals surface area contributed by atoms with Crippen LogP contribution in [0.4, 0.5) is 15.8 Å². The van der Waals surface area contributed by atoms with Crippen molar-refractivity contribution in [1.29, 1.82) is 0 Å². The standard InChI is InChI=1S/C21H16FN5O/c1-13-20-19(8-9-23-21(20)26-25-13)28-18-7-6-15(10-16(18)22)27-11-14-4-2-3-5-17(14)24-12-27/h2-10,12H,11H2,1H3,(H,23,25,26). The van der Waals surface area contributed by atoms with Crippen LogP contribution in [0.2, 0.25) is 0 Å². The van der Waals surface area contributed by atoms with Crippen LogP contribution in [0.1, 0.15) is 11.3 Å². The van der Waals surface area contributed by atoms with Gasteiger partial charge in [0, 0.05) is 23.6 Å². The maximum Gasteiger partial charge on any atom is 0.184 e. The van der Waals surface area contributed by atoms with Crippen LogP contribution in [-0.2, 0) is 6.54 Å². The smallest absolute Gasteiger partial charge is 0.184 e. The minimum Gasteiger partial charge on any atom is -0.453 e. The summed E-state index contributed by atoms with van der Waals surface area (Å²) in [6.07, 6.45) is 3.31. The van der Waals surface area contributed by atoms with Gasteiger partial charge in [-0.05, 0) is 36.8 Å². The highest BCUT2D eigenvalue weighted by molar-refractivity contribution is 5.85. The normalized spacial score (nSPS) is 13.0. The highest BCUT2D eigenvalue weighted by atomic mass is 19.1. The molecular formula is C21H16FN5O. The van der Waals surface area contributed by atoms with Crippen LogP contribution in [0.3, 0.4) is 0 Å². The molecule has 0 saturated carbocycles. The number of H-pyrrole nitrogens is 1. The number of aliphatic imine (C=N–C) groups is 1. The molecule has 7 heteroatoms. The van der Waals surface area contributed by atoms with Crippen molar-refractivity contribution < 1.29 is 9.13 Å². The van der Waals surface area contributed by atoms with Crippen LogP contribution in [0, 0.1) is 12.7 Å². The van der Waals surface area contributed by atoms with Gasteiger partial charge in [-0.2, -0.15) is 5.10 Å². The van der Waals surface area contributed by atoms with Gasteiger partial charge in [-0.1, -0.05) is 18.2 Å². The lowest BCUT2D eigenvalue weighted by atomic mass is 10.1. The third-order valence-corrected chi connectivity index (χ3v) is 4.73. The summed E-state index contributed by atoms with van der Waals surface area (Å²) < 4.78 is 20.6. The van der Waals surface area contributed by atoms with Crippen molar-refractivity contribution in [2.24, 2.45) is 4.99 Å². The molecule has 4 aromatic rings. The van der Waals surface area contributed by atoms with E-state index in [4.69, 9.17) is 4.74 Å². The number of aromatic nitrogens is 3. The first-order chi connectivity index (χ1) is 13.7. The highest BCUT2D eigenvalue weighted by Crippen LogP contribution is 2.34. The third kappa shape index (κ3) is 2.77. The van der Waals surface area contributed by atoms with Gasteiger partial charge in [0.25, 0.3) is 0 Å². The summed E-state index contributed by atoms with van der Waals surface area (Å²) in [4.78, 5) is 10.5. The summed E-state index contributed by atoms with van der Waals surface area (Å²) in [5.74, 6) is 0.207. The Kier molecular flexibility index (Phi) is 3.79. The number of nitrogens with zero attached hydrogens (tertiary/aromatic N) is 4. The van der Waals surface area contributed by atoms with Gasteiger partial charge in [0.2, 0.25) is 0 Å². The van der Waals surface area contributed by atoms with Crippen molar-refractivity contribution >= 4 is 28.7 Å². The predicted octanol–water partition coefficient (Wildman–Crippen LogP) is 4.88. The number of aromatic amines is 1. The van der Waals surface area contributed by atoms with Crippen molar-refractivity contribution in [3.05, 3.63) is 71.8 Å². The molecule has 1 aliphatic heterocycles. The molecule has 1 aliphatic rings. The van der Waals surface area contributed by atoms with E-state index >= 15 is 0 Å². The second-order valence-corrected chi connectivity index (χ2v) is 6.57. The maximum atomic E-state index is 14.8. The maximum absolute atomic E-state index is 14.8. The number of pyridine rings is 1. The van der Waals surface area contributed by atoms with Gasteiger partial charge < -0.3 is 9.64 Å². The second-order valence-electron chi connectivity index (χ2n) is 6.57. The minimum absolute atomic E-state index is 0.145. The Morgan fingerprint density at radius 1 is 1.11 bits per heavy atom. The summed E-state index contributed by atoms with van der Waals surface area (Å²) in [5.41, 5.74) is 4.10. The Balaban J connectivity index is 1.44. The van der Waals surface area contributed by atoms with E-state index in [9.17, 15) is 4.39 Å². The molecule has 2 aromatic heterocycles. The Bertz CT molecular complexity index is 1220. The summed E-state index contributed by atoms with van der Waals surface area (Å²) in [6, 6.07) is 14.5. The van der Waals surface area contributed by atoms with E-state index in [2.05, 4.69) is 20.2 Å². The van der Waals surface area contributed by atoms with Crippen molar-refractivity contribution in [1.82, 2.24) is 15.2 Å². The number of hydrogen-bond donors (Lipinski definition) is 1. The number of hydrogen-bond acceptors (Lipinski definition) is 5. The number of fused-ring (bicyclic) bond motifs is 2. The van der Waals surface area contributed by atoms with Gasteiger partial charge in [0.05, 0.1) is 24.0 Å². The Morgan fingerprint density at radius 3 is 2.89 bits per heavy atom. The highest BCUT2D eigenvalue weighted by Gasteiger charge is 2.16. The summed E-state index contributed by atoms with van der Waals surface area (Å²) in [6.45, 7) is 2.51. The fourth-order valence-corrected chi connectivity index (χ4v) is 3.30. The van der Waals surface area contributed by atoms with Gasteiger partial charge >= 0.3 is 0 Å². The fourth-order valence-electron chi connectivity index (χ4n) is 3.30. The topological polar surface area (TPSA) is 66.4 Å². The van der Waals surface area contributed by atoms with E-state index in [1.165, 1.54) is 6.07 Å². The minimum atomic E-state index is -0.448. The quantitative estimate of drug-likeness (QED) is 0.556. The van der Waals surface area contributed by atoms with Crippen molar-refractivity contribution in [2.45, 2.75) is 13.5 Å². The Hall–Kier alpha value is -3.74. The third-order valence-electron chi connectivity index (χ3n) is 4.73. The van der Waals surface area contributed by atoms with Gasteiger partial charge in [0.1, 0.15) is 5.75 Å². The van der Waals surface area contributed by atoms with Crippen LogP contribution in [0.5, 0.6) is 11.5 Å². The average molecular weight is 373 g/mol. The summed E-state index contributed by atoms with van der Waals surface area (Å²) >= 11 is 0. The van der Waals surface area contributed by atoms with Gasteiger partial charge in [-0.3, -0.25) is 5.10 Å². The van der Waals surface area contributed by atoms with Crippen molar-refractivity contribution in [3.63, 3.8) is 0 Å². The molecule has 0 amide bonds. The fraction of sp³-hybridized carbons (Fsp3) is 0.0952. The molecule has 0 atom stereocenters.